The zero-order valence-corrected chi connectivity index (χ0v) is 20.4. The second-order valence-corrected chi connectivity index (χ2v) is 9.90. The fourth-order valence-electron chi connectivity index (χ4n) is 4.15. The van der Waals surface area contributed by atoms with E-state index < -0.39 is 0 Å². The zero-order valence-electron chi connectivity index (χ0n) is 20.4. The van der Waals surface area contributed by atoms with Crippen LogP contribution < -0.4 is 10.6 Å². The van der Waals surface area contributed by atoms with Crippen molar-refractivity contribution in [3.05, 3.63) is 53.7 Å². The summed E-state index contributed by atoms with van der Waals surface area (Å²) in [4.78, 5) is 11.3. The zero-order chi connectivity index (χ0) is 22.8. The van der Waals surface area contributed by atoms with E-state index in [2.05, 4.69) is 76.6 Å². The Bertz CT molecular complexity index is 816. The van der Waals surface area contributed by atoms with Gasteiger partial charge in [0.15, 0.2) is 5.96 Å². The molecule has 1 aromatic heterocycles. The highest BCUT2D eigenvalue weighted by Crippen LogP contribution is 2.23. The smallest absolute Gasteiger partial charge is 0.213 e. The molecule has 0 amide bonds. The van der Waals surface area contributed by atoms with Crippen molar-refractivity contribution in [1.29, 1.82) is 0 Å². The monoisotopic (exact) mass is 439 g/mol. The lowest BCUT2D eigenvalue weighted by atomic mass is 9.90. The molecule has 1 aliphatic rings. The maximum Gasteiger partial charge on any atom is 0.213 e. The van der Waals surface area contributed by atoms with E-state index in [4.69, 9.17) is 4.42 Å². The van der Waals surface area contributed by atoms with Crippen molar-refractivity contribution < 1.29 is 4.42 Å². The molecule has 2 aromatic rings. The van der Waals surface area contributed by atoms with Gasteiger partial charge in [-0.05, 0) is 63.2 Å². The van der Waals surface area contributed by atoms with Gasteiger partial charge in [0.25, 0.3) is 0 Å². The summed E-state index contributed by atoms with van der Waals surface area (Å²) in [6.07, 6.45) is 8.04. The predicted octanol–water partition coefficient (Wildman–Crippen LogP) is 4.37. The molecular formula is C26H41N5O. The van der Waals surface area contributed by atoms with E-state index >= 15 is 0 Å². The maximum absolute atomic E-state index is 5.83. The fraction of sp³-hybridized carbons (Fsp3) is 0.615. The average molecular weight is 440 g/mol. The Labute approximate surface area is 193 Å². The van der Waals surface area contributed by atoms with Gasteiger partial charge in [0.1, 0.15) is 5.76 Å². The topological polar surface area (TPSA) is 65.7 Å². The molecule has 6 nitrogen and oxygen atoms in total. The molecule has 0 bridgehead atoms. The number of nitrogens with zero attached hydrogens (tertiary/aromatic N) is 3. The predicted molar refractivity (Wildman–Crippen MR) is 132 cm³/mol. The quantitative estimate of drug-likeness (QED) is 0.345. The molecule has 176 valence electrons. The molecule has 3 rings (SSSR count). The molecule has 2 heterocycles. The number of rotatable bonds is 9. The molecule has 1 aromatic carbocycles. The SMILES string of the molecule is CN=C(NCCCCN1CCC(Cc2ccccc2)CC1)NCc1ncc(C(C)(C)C)o1. The summed E-state index contributed by atoms with van der Waals surface area (Å²) < 4.78 is 5.83. The molecule has 0 unspecified atom stereocenters. The summed E-state index contributed by atoms with van der Waals surface area (Å²) in [5.74, 6) is 3.23. The van der Waals surface area contributed by atoms with Gasteiger partial charge >= 0.3 is 0 Å². The number of oxazole rings is 1. The normalized spacial score (nSPS) is 16.3. The summed E-state index contributed by atoms with van der Waals surface area (Å²) in [6, 6.07) is 10.9. The maximum atomic E-state index is 5.83. The van der Waals surface area contributed by atoms with Gasteiger partial charge < -0.3 is 20.0 Å². The lowest BCUT2D eigenvalue weighted by Gasteiger charge is -2.32. The molecule has 2 N–H and O–H groups in total. The van der Waals surface area contributed by atoms with Gasteiger partial charge in [-0.15, -0.1) is 0 Å². The number of benzene rings is 1. The van der Waals surface area contributed by atoms with Crippen molar-refractivity contribution in [3.8, 4) is 0 Å². The molecule has 1 fully saturated rings. The van der Waals surface area contributed by atoms with Crippen LogP contribution in [0.4, 0.5) is 0 Å². The van der Waals surface area contributed by atoms with Crippen molar-refractivity contribution in [2.24, 2.45) is 10.9 Å². The van der Waals surface area contributed by atoms with E-state index in [1.807, 2.05) is 6.20 Å². The molecule has 32 heavy (non-hydrogen) atoms. The summed E-state index contributed by atoms with van der Waals surface area (Å²) >= 11 is 0. The Kier molecular flexibility index (Phi) is 9.15. The Morgan fingerprint density at radius 2 is 1.88 bits per heavy atom. The highest BCUT2D eigenvalue weighted by atomic mass is 16.4. The standard InChI is InChI=1S/C26H41N5O/c1-26(2,3)23-19-29-24(32-23)20-30-25(27-4)28-14-8-9-15-31-16-12-22(13-17-31)18-21-10-6-5-7-11-21/h5-7,10-11,19,22H,8-9,12-18,20H2,1-4H3,(H2,27,28,30). The van der Waals surface area contributed by atoms with Gasteiger partial charge in [0.05, 0.1) is 12.7 Å². The molecule has 6 heteroatoms. The van der Waals surface area contributed by atoms with E-state index in [1.54, 1.807) is 7.05 Å². The van der Waals surface area contributed by atoms with E-state index in [1.165, 1.54) is 50.9 Å². The third-order valence-corrected chi connectivity index (χ3v) is 6.19. The first-order valence-corrected chi connectivity index (χ1v) is 12.1. The van der Waals surface area contributed by atoms with Crippen LogP contribution in [0.25, 0.3) is 0 Å². The molecule has 0 spiro atoms. The molecule has 0 atom stereocenters. The van der Waals surface area contributed by atoms with Gasteiger partial charge in [0.2, 0.25) is 5.89 Å². The van der Waals surface area contributed by atoms with E-state index in [-0.39, 0.29) is 5.41 Å². The van der Waals surface area contributed by atoms with Gasteiger partial charge in [-0.25, -0.2) is 4.98 Å². The Morgan fingerprint density at radius 3 is 2.53 bits per heavy atom. The second kappa shape index (κ2) is 12.0. The second-order valence-electron chi connectivity index (χ2n) is 9.90. The molecule has 0 aliphatic carbocycles. The minimum absolute atomic E-state index is 0.0255. The van der Waals surface area contributed by atoms with Crippen molar-refractivity contribution in [1.82, 2.24) is 20.5 Å². The number of hydrogen-bond acceptors (Lipinski definition) is 4. The third-order valence-electron chi connectivity index (χ3n) is 6.19. The minimum atomic E-state index is -0.0255. The number of hydrogen-bond donors (Lipinski definition) is 2. The van der Waals surface area contributed by atoms with Crippen molar-refractivity contribution in [3.63, 3.8) is 0 Å². The van der Waals surface area contributed by atoms with Crippen LogP contribution >= 0.6 is 0 Å². The highest BCUT2D eigenvalue weighted by Gasteiger charge is 2.20. The fourth-order valence-corrected chi connectivity index (χ4v) is 4.15. The summed E-state index contributed by atoms with van der Waals surface area (Å²) in [5.41, 5.74) is 1.46. The van der Waals surface area contributed by atoms with Crippen LogP contribution in [0.1, 0.15) is 63.7 Å². The number of unbranched alkanes of at least 4 members (excludes halogenated alkanes) is 1. The number of nitrogens with one attached hydrogen (secondary N) is 2. The van der Waals surface area contributed by atoms with Crippen molar-refractivity contribution in [2.75, 3.05) is 33.2 Å². The Balaban J connectivity index is 1.25. The Morgan fingerprint density at radius 1 is 1.12 bits per heavy atom. The average Bonchev–Trinajstić information content (AvgIpc) is 3.27. The molecule has 0 saturated carbocycles. The van der Waals surface area contributed by atoms with Crippen LogP contribution in [-0.2, 0) is 18.4 Å². The van der Waals surface area contributed by atoms with Gasteiger partial charge in [-0.1, -0.05) is 51.1 Å². The number of aromatic nitrogens is 1. The van der Waals surface area contributed by atoms with E-state index in [0.717, 1.165) is 30.6 Å². The van der Waals surface area contributed by atoms with Crippen LogP contribution in [0.2, 0.25) is 0 Å². The first-order chi connectivity index (χ1) is 15.4. The lowest BCUT2D eigenvalue weighted by Crippen LogP contribution is -2.38. The molecule has 1 saturated heterocycles. The van der Waals surface area contributed by atoms with Gasteiger partial charge in [0, 0.05) is 19.0 Å². The third kappa shape index (κ3) is 7.97. The largest absolute Gasteiger partial charge is 0.443 e. The highest BCUT2D eigenvalue weighted by molar-refractivity contribution is 5.79. The minimum Gasteiger partial charge on any atom is -0.443 e. The van der Waals surface area contributed by atoms with Crippen molar-refractivity contribution in [2.45, 2.75) is 64.8 Å². The van der Waals surface area contributed by atoms with Crippen LogP contribution in [0.15, 0.2) is 45.9 Å². The van der Waals surface area contributed by atoms with Crippen LogP contribution in [-0.4, -0.2) is 49.1 Å². The van der Waals surface area contributed by atoms with Crippen LogP contribution in [0.3, 0.4) is 0 Å². The number of guanidine groups is 1. The van der Waals surface area contributed by atoms with E-state index in [9.17, 15) is 0 Å². The number of piperidine rings is 1. The number of likely N-dealkylation sites (tertiary alicyclic amines) is 1. The number of aliphatic imine (C=N–C) groups is 1. The van der Waals surface area contributed by atoms with E-state index in [0.29, 0.717) is 12.4 Å². The van der Waals surface area contributed by atoms with Crippen LogP contribution in [0, 0.1) is 5.92 Å². The molecule has 0 radical (unpaired) electrons. The van der Waals surface area contributed by atoms with Gasteiger partial charge in [-0.3, -0.25) is 4.99 Å². The summed E-state index contributed by atoms with van der Waals surface area (Å²) in [7, 11) is 1.80. The summed E-state index contributed by atoms with van der Waals surface area (Å²) in [6.45, 7) is 11.5. The molecular weight excluding hydrogens is 398 g/mol. The first-order valence-electron chi connectivity index (χ1n) is 12.1. The Hall–Kier alpha value is -2.34. The first kappa shape index (κ1) is 24.3. The lowest BCUT2D eigenvalue weighted by molar-refractivity contribution is 0.181. The van der Waals surface area contributed by atoms with Crippen molar-refractivity contribution >= 4 is 5.96 Å². The van der Waals surface area contributed by atoms with Gasteiger partial charge in [-0.2, -0.15) is 0 Å². The molecule has 1 aliphatic heterocycles. The summed E-state index contributed by atoms with van der Waals surface area (Å²) in [5, 5.41) is 6.69. The van der Waals surface area contributed by atoms with Crippen LogP contribution in [0.5, 0.6) is 0 Å².